The summed E-state index contributed by atoms with van der Waals surface area (Å²) in [4.78, 5) is 0. The average molecular weight is 172 g/mol. The van der Waals surface area contributed by atoms with Gasteiger partial charge in [-0.2, -0.15) is 0 Å². The van der Waals surface area contributed by atoms with Crippen molar-refractivity contribution < 1.29 is 0 Å². The standard InChI is InChI=1S/C8H6N5/c1-2-4-7(5-3-1)10-11-8-6-9-13-12-8/h1-4,6H,(H,9,12,13). The Kier molecular flexibility index (Phi) is 2.09. The summed E-state index contributed by atoms with van der Waals surface area (Å²) in [7, 11) is 0. The number of hydrogen-bond donors (Lipinski definition) is 1. The second-order valence-corrected chi connectivity index (χ2v) is 2.28. The zero-order chi connectivity index (χ0) is 8.93. The van der Waals surface area contributed by atoms with Crippen molar-refractivity contribution in [1.82, 2.24) is 15.4 Å². The third-order valence-electron chi connectivity index (χ3n) is 1.36. The molecular weight excluding hydrogens is 166 g/mol. The van der Waals surface area contributed by atoms with Crippen molar-refractivity contribution in [1.29, 1.82) is 0 Å². The maximum atomic E-state index is 3.90. The summed E-state index contributed by atoms with van der Waals surface area (Å²) in [6.07, 6.45) is 1.56. The summed E-state index contributed by atoms with van der Waals surface area (Å²) < 4.78 is 0. The molecule has 63 valence electrons. The van der Waals surface area contributed by atoms with Crippen LogP contribution >= 0.6 is 0 Å². The van der Waals surface area contributed by atoms with E-state index in [1.165, 1.54) is 0 Å². The fraction of sp³-hybridized carbons (Fsp3) is 0. The molecular formula is C8H6N5. The Morgan fingerprint density at radius 2 is 2.31 bits per heavy atom. The zero-order valence-electron chi connectivity index (χ0n) is 6.68. The van der Waals surface area contributed by atoms with E-state index in [0.717, 1.165) is 0 Å². The molecule has 1 heterocycles. The normalized spacial score (nSPS) is 10.8. The van der Waals surface area contributed by atoms with Gasteiger partial charge in [0.25, 0.3) is 0 Å². The van der Waals surface area contributed by atoms with E-state index < -0.39 is 0 Å². The van der Waals surface area contributed by atoms with Crippen LogP contribution in [0.3, 0.4) is 0 Å². The molecule has 0 spiro atoms. The summed E-state index contributed by atoms with van der Waals surface area (Å²) in [5.74, 6) is 0.456. The van der Waals surface area contributed by atoms with Crippen molar-refractivity contribution in [2.45, 2.75) is 0 Å². The van der Waals surface area contributed by atoms with E-state index in [2.05, 4.69) is 31.7 Å². The van der Waals surface area contributed by atoms with E-state index in [1.807, 2.05) is 18.2 Å². The van der Waals surface area contributed by atoms with Crippen LogP contribution in [0, 0.1) is 6.07 Å². The lowest BCUT2D eigenvalue weighted by Crippen LogP contribution is -1.65. The molecule has 0 aliphatic rings. The minimum absolute atomic E-state index is 0.456. The SMILES string of the molecule is [c]1ccccc1N=Nc1c[nH]nn1. The first kappa shape index (κ1) is 7.60. The van der Waals surface area contributed by atoms with Gasteiger partial charge in [0.15, 0.2) is 0 Å². The predicted octanol–water partition coefficient (Wildman–Crippen LogP) is 2.02. The molecule has 13 heavy (non-hydrogen) atoms. The van der Waals surface area contributed by atoms with Crippen molar-refractivity contribution in [3.05, 3.63) is 36.5 Å². The van der Waals surface area contributed by atoms with Crippen LogP contribution in [0.15, 0.2) is 40.7 Å². The molecule has 0 aliphatic heterocycles. The van der Waals surface area contributed by atoms with Gasteiger partial charge in [0, 0.05) is 6.07 Å². The summed E-state index contributed by atoms with van der Waals surface area (Å²) in [5.41, 5.74) is 0.672. The fourth-order valence-electron chi connectivity index (χ4n) is 0.796. The van der Waals surface area contributed by atoms with E-state index in [-0.39, 0.29) is 0 Å². The minimum atomic E-state index is 0.456. The highest BCUT2D eigenvalue weighted by Gasteiger charge is 1.90. The lowest BCUT2D eigenvalue weighted by molar-refractivity contribution is 0.935. The fourth-order valence-corrected chi connectivity index (χ4v) is 0.796. The summed E-state index contributed by atoms with van der Waals surface area (Å²) >= 11 is 0. The molecule has 2 rings (SSSR count). The average Bonchev–Trinajstić information content (AvgIpc) is 2.69. The number of nitrogens with zero attached hydrogens (tertiary/aromatic N) is 4. The molecule has 5 nitrogen and oxygen atoms in total. The molecule has 1 radical (unpaired) electrons. The Labute approximate surface area is 74.5 Å². The highest BCUT2D eigenvalue weighted by atomic mass is 15.4. The Morgan fingerprint density at radius 1 is 1.31 bits per heavy atom. The Bertz CT molecular complexity index is 378. The smallest absolute Gasteiger partial charge is 0.215 e. The van der Waals surface area contributed by atoms with Crippen molar-refractivity contribution in [3.63, 3.8) is 0 Å². The van der Waals surface area contributed by atoms with Gasteiger partial charge in [-0.05, 0) is 6.07 Å². The van der Waals surface area contributed by atoms with Crippen LogP contribution in [0.5, 0.6) is 0 Å². The van der Waals surface area contributed by atoms with E-state index in [9.17, 15) is 0 Å². The molecule has 0 amide bonds. The summed E-state index contributed by atoms with van der Waals surface area (Å²) in [6.45, 7) is 0. The lowest BCUT2D eigenvalue weighted by Gasteiger charge is -1.86. The van der Waals surface area contributed by atoms with Gasteiger partial charge in [-0.25, -0.2) is 0 Å². The van der Waals surface area contributed by atoms with Crippen LogP contribution in [0.4, 0.5) is 11.5 Å². The van der Waals surface area contributed by atoms with Crippen LogP contribution in [0.2, 0.25) is 0 Å². The highest BCUT2D eigenvalue weighted by molar-refractivity contribution is 5.34. The quantitative estimate of drug-likeness (QED) is 0.704. The number of benzene rings is 1. The molecule has 1 aromatic heterocycles. The third-order valence-corrected chi connectivity index (χ3v) is 1.36. The molecule has 1 aromatic carbocycles. The number of H-pyrrole nitrogens is 1. The molecule has 1 N–H and O–H groups in total. The van der Waals surface area contributed by atoms with Gasteiger partial charge in [-0.15, -0.1) is 15.3 Å². The van der Waals surface area contributed by atoms with Gasteiger partial charge in [0.1, 0.15) is 0 Å². The zero-order valence-corrected chi connectivity index (χ0v) is 6.68. The van der Waals surface area contributed by atoms with E-state index in [4.69, 9.17) is 0 Å². The molecule has 0 atom stereocenters. The Balaban J connectivity index is 2.15. The van der Waals surface area contributed by atoms with Gasteiger partial charge >= 0.3 is 0 Å². The van der Waals surface area contributed by atoms with Crippen LogP contribution in [0.25, 0.3) is 0 Å². The van der Waals surface area contributed by atoms with Crippen molar-refractivity contribution in [3.8, 4) is 0 Å². The molecule has 0 saturated carbocycles. The van der Waals surface area contributed by atoms with E-state index in [0.29, 0.717) is 11.5 Å². The van der Waals surface area contributed by atoms with Crippen molar-refractivity contribution >= 4 is 11.5 Å². The second kappa shape index (κ2) is 3.57. The van der Waals surface area contributed by atoms with Crippen LogP contribution < -0.4 is 0 Å². The lowest BCUT2D eigenvalue weighted by atomic mass is 10.3. The maximum absolute atomic E-state index is 3.90. The number of azo groups is 1. The number of hydrogen-bond acceptors (Lipinski definition) is 4. The van der Waals surface area contributed by atoms with Crippen molar-refractivity contribution in [2.24, 2.45) is 10.2 Å². The Hall–Kier alpha value is -2.04. The molecule has 0 fully saturated rings. The number of nitrogens with one attached hydrogen (secondary N) is 1. The van der Waals surface area contributed by atoms with E-state index >= 15 is 0 Å². The van der Waals surface area contributed by atoms with E-state index in [1.54, 1.807) is 12.3 Å². The van der Waals surface area contributed by atoms with Gasteiger partial charge in [-0.1, -0.05) is 23.4 Å². The highest BCUT2D eigenvalue weighted by Crippen LogP contribution is 2.13. The minimum Gasteiger partial charge on any atom is -0.263 e. The first-order valence-electron chi connectivity index (χ1n) is 3.70. The molecule has 0 unspecified atom stereocenters. The van der Waals surface area contributed by atoms with Gasteiger partial charge in [0.2, 0.25) is 5.82 Å². The molecule has 5 heteroatoms. The summed E-state index contributed by atoms with van der Waals surface area (Å²) in [5, 5.41) is 17.4. The first-order chi connectivity index (χ1) is 6.45. The largest absolute Gasteiger partial charge is 0.263 e. The number of aromatic nitrogens is 3. The second-order valence-electron chi connectivity index (χ2n) is 2.28. The summed E-state index contributed by atoms with van der Waals surface area (Å²) in [6, 6.07) is 10.2. The molecule has 0 bridgehead atoms. The molecule has 0 saturated heterocycles. The number of aromatic amines is 1. The predicted molar refractivity (Wildman–Crippen MR) is 45.8 cm³/mol. The van der Waals surface area contributed by atoms with Crippen LogP contribution in [0.1, 0.15) is 0 Å². The molecule has 0 aliphatic carbocycles. The monoisotopic (exact) mass is 172 g/mol. The van der Waals surface area contributed by atoms with Crippen LogP contribution in [-0.4, -0.2) is 15.4 Å². The maximum Gasteiger partial charge on any atom is 0.215 e. The van der Waals surface area contributed by atoms with Gasteiger partial charge < -0.3 is 0 Å². The van der Waals surface area contributed by atoms with Gasteiger partial charge in [0.05, 0.1) is 11.9 Å². The third kappa shape index (κ3) is 1.96. The first-order valence-corrected chi connectivity index (χ1v) is 3.70. The topological polar surface area (TPSA) is 66.3 Å². The van der Waals surface area contributed by atoms with Crippen molar-refractivity contribution in [2.75, 3.05) is 0 Å². The Morgan fingerprint density at radius 3 is 3.00 bits per heavy atom. The number of rotatable bonds is 2. The molecule has 2 aromatic rings. The van der Waals surface area contributed by atoms with Crippen LogP contribution in [-0.2, 0) is 0 Å². The van der Waals surface area contributed by atoms with Gasteiger partial charge in [-0.3, -0.25) is 5.10 Å².